The molecule has 0 bridgehead atoms. The van der Waals surface area contributed by atoms with Crippen LogP contribution in [0.1, 0.15) is 22.8 Å². The molecule has 0 saturated carbocycles. The van der Waals surface area contributed by atoms with Crippen LogP contribution in [0.3, 0.4) is 0 Å². The fraction of sp³-hybridized carbons (Fsp3) is 0.333. The molecular weight excluding hydrogens is 210 g/mol. The van der Waals surface area contributed by atoms with Gasteiger partial charge in [0.05, 0.1) is 6.20 Å². The summed E-state index contributed by atoms with van der Waals surface area (Å²) in [5.41, 5.74) is 0. The topological polar surface area (TPSA) is 96.7 Å². The molecule has 0 radical (unpaired) electrons. The highest BCUT2D eigenvalue weighted by Gasteiger charge is 2.08. The van der Waals surface area contributed by atoms with Crippen molar-refractivity contribution in [1.82, 2.24) is 25.7 Å². The molecule has 0 spiro atoms. The first-order valence-electron chi connectivity index (χ1n) is 4.89. The quantitative estimate of drug-likeness (QED) is 0.701. The van der Waals surface area contributed by atoms with E-state index in [0.717, 1.165) is 18.7 Å². The Labute approximate surface area is 91.2 Å². The van der Waals surface area contributed by atoms with Crippen LogP contribution in [0.2, 0.25) is 0 Å². The van der Waals surface area contributed by atoms with E-state index in [1.54, 1.807) is 0 Å². The summed E-state index contributed by atoms with van der Waals surface area (Å²) in [6, 6.07) is 1.52. The second kappa shape index (κ2) is 5.06. The molecule has 2 heterocycles. The Morgan fingerprint density at radius 3 is 3.19 bits per heavy atom. The summed E-state index contributed by atoms with van der Waals surface area (Å²) in [6.07, 6.45) is 4.43. The van der Waals surface area contributed by atoms with Gasteiger partial charge in [-0.3, -0.25) is 9.89 Å². The first-order valence-corrected chi connectivity index (χ1v) is 4.89. The maximum absolute atomic E-state index is 11.4. The van der Waals surface area contributed by atoms with Gasteiger partial charge in [-0.1, -0.05) is 5.16 Å². The van der Waals surface area contributed by atoms with Crippen molar-refractivity contribution >= 4 is 5.91 Å². The Kier molecular flexibility index (Phi) is 3.27. The second-order valence-corrected chi connectivity index (χ2v) is 3.17. The minimum absolute atomic E-state index is 0.222. The molecule has 0 aliphatic carbocycles. The van der Waals surface area contributed by atoms with Crippen LogP contribution in [0.4, 0.5) is 0 Å². The van der Waals surface area contributed by atoms with Crippen LogP contribution in [-0.4, -0.2) is 32.8 Å². The minimum atomic E-state index is -0.255. The number of carbonyl (C=O) groups excluding carboxylic acids is 1. The molecule has 0 unspecified atom stereocenters. The molecule has 16 heavy (non-hydrogen) atoms. The van der Waals surface area contributed by atoms with E-state index in [-0.39, 0.29) is 11.7 Å². The predicted molar refractivity (Wildman–Crippen MR) is 53.5 cm³/mol. The number of carbonyl (C=O) groups is 1. The summed E-state index contributed by atoms with van der Waals surface area (Å²) in [4.78, 5) is 15.4. The molecule has 2 N–H and O–H groups in total. The van der Waals surface area contributed by atoms with E-state index in [0.29, 0.717) is 6.54 Å². The molecule has 7 heteroatoms. The molecule has 84 valence electrons. The van der Waals surface area contributed by atoms with Crippen LogP contribution < -0.4 is 5.32 Å². The largest absolute Gasteiger partial charge is 0.351 e. The summed E-state index contributed by atoms with van der Waals surface area (Å²) in [5.74, 6) is 0.781. The van der Waals surface area contributed by atoms with Gasteiger partial charge in [0.25, 0.3) is 5.91 Å². The number of hydrogen-bond donors (Lipinski definition) is 2. The average Bonchev–Trinajstić information content (AvgIpc) is 2.96. The van der Waals surface area contributed by atoms with Crippen molar-refractivity contribution < 1.29 is 9.32 Å². The normalized spacial score (nSPS) is 10.2. The van der Waals surface area contributed by atoms with Gasteiger partial charge in [0.1, 0.15) is 12.2 Å². The molecular formula is C9H11N5O2. The lowest BCUT2D eigenvalue weighted by atomic mass is 10.3. The average molecular weight is 221 g/mol. The number of nitrogens with one attached hydrogen (secondary N) is 2. The lowest BCUT2D eigenvalue weighted by Gasteiger charge is -2.00. The van der Waals surface area contributed by atoms with Gasteiger partial charge in [-0.2, -0.15) is 5.10 Å². The van der Waals surface area contributed by atoms with E-state index in [1.807, 2.05) is 0 Å². The fourth-order valence-electron chi connectivity index (χ4n) is 1.23. The van der Waals surface area contributed by atoms with Gasteiger partial charge in [0, 0.05) is 19.0 Å². The molecule has 0 aliphatic heterocycles. The van der Waals surface area contributed by atoms with Crippen molar-refractivity contribution in [2.45, 2.75) is 12.8 Å². The molecule has 0 saturated heterocycles. The SMILES string of the molecule is O=C(NCCCc1ncn[nH]1)c1ccno1. The van der Waals surface area contributed by atoms with Crippen LogP contribution in [0.15, 0.2) is 23.1 Å². The van der Waals surface area contributed by atoms with Crippen molar-refractivity contribution in [3.63, 3.8) is 0 Å². The Morgan fingerprint density at radius 2 is 2.50 bits per heavy atom. The summed E-state index contributed by atoms with van der Waals surface area (Å²) in [7, 11) is 0. The number of H-pyrrole nitrogens is 1. The van der Waals surface area contributed by atoms with Crippen molar-refractivity contribution in [3.05, 3.63) is 30.2 Å². The fourth-order valence-corrected chi connectivity index (χ4v) is 1.23. The van der Waals surface area contributed by atoms with Crippen molar-refractivity contribution in [1.29, 1.82) is 0 Å². The number of hydrogen-bond acceptors (Lipinski definition) is 5. The highest BCUT2D eigenvalue weighted by Crippen LogP contribution is 1.96. The Bertz CT molecular complexity index is 423. The number of aryl methyl sites for hydroxylation is 1. The monoisotopic (exact) mass is 221 g/mol. The molecule has 0 atom stereocenters. The third kappa shape index (κ3) is 2.66. The van der Waals surface area contributed by atoms with E-state index in [9.17, 15) is 4.79 Å². The summed E-state index contributed by atoms with van der Waals surface area (Å²) < 4.78 is 4.71. The van der Waals surface area contributed by atoms with E-state index >= 15 is 0 Å². The number of aromatic nitrogens is 4. The third-order valence-electron chi connectivity index (χ3n) is 2.00. The number of aromatic amines is 1. The van der Waals surface area contributed by atoms with Gasteiger partial charge in [-0.05, 0) is 6.42 Å². The zero-order valence-electron chi connectivity index (χ0n) is 8.51. The number of nitrogens with zero attached hydrogens (tertiary/aromatic N) is 3. The summed E-state index contributed by atoms with van der Waals surface area (Å²) >= 11 is 0. The first-order chi connectivity index (χ1) is 7.86. The van der Waals surface area contributed by atoms with Crippen LogP contribution in [-0.2, 0) is 6.42 Å². The summed E-state index contributed by atoms with van der Waals surface area (Å²) in [6.45, 7) is 0.556. The standard InChI is InChI=1S/C9H11N5O2/c15-9(7-3-5-13-16-7)10-4-1-2-8-11-6-12-14-8/h3,5-6H,1-2,4H2,(H,10,15)(H,11,12,14). The minimum Gasteiger partial charge on any atom is -0.351 e. The van der Waals surface area contributed by atoms with Gasteiger partial charge in [-0.25, -0.2) is 4.98 Å². The van der Waals surface area contributed by atoms with Gasteiger partial charge in [0.2, 0.25) is 5.76 Å². The molecule has 1 amide bonds. The smallest absolute Gasteiger partial charge is 0.289 e. The lowest BCUT2D eigenvalue weighted by Crippen LogP contribution is -2.24. The molecule has 0 aliphatic rings. The molecule has 0 fully saturated rings. The lowest BCUT2D eigenvalue weighted by molar-refractivity contribution is 0.0916. The predicted octanol–water partition coefficient (Wildman–Crippen LogP) is 0.155. The van der Waals surface area contributed by atoms with Crippen molar-refractivity contribution in [2.75, 3.05) is 6.54 Å². The van der Waals surface area contributed by atoms with Gasteiger partial charge < -0.3 is 9.84 Å². The first kappa shape index (κ1) is 10.3. The van der Waals surface area contributed by atoms with Crippen LogP contribution in [0.5, 0.6) is 0 Å². The van der Waals surface area contributed by atoms with Gasteiger partial charge in [-0.15, -0.1) is 0 Å². The van der Waals surface area contributed by atoms with E-state index in [2.05, 4.69) is 25.7 Å². The third-order valence-corrected chi connectivity index (χ3v) is 2.00. The van der Waals surface area contributed by atoms with Crippen LogP contribution >= 0.6 is 0 Å². The van der Waals surface area contributed by atoms with Crippen LogP contribution in [0.25, 0.3) is 0 Å². The van der Waals surface area contributed by atoms with Gasteiger partial charge in [0.15, 0.2) is 0 Å². The number of rotatable bonds is 5. The van der Waals surface area contributed by atoms with Gasteiger partial charge >= 0.3 is 0 Å². The molecule has 7 nitrogen and oxygen atoms in total. The Morgan fingerprint density at radius 1 is 1.56 bits per heavy atom. The molecule has 2 rings (SSSR count). The number of amides is 1. The molecule has 0 aromatic carbocycles. The van der Waals surface area contributed by atoms with E-state index in [4.69, 9.17) is 4.52 Å². The molecule has 2 aromatic heterocycles. The highest BCUT2D eigenvalue weighted by molar-refractivity contribution is 5.91. The van der Waals surface area contributed by atoms with E-state index < -0.39 is 0 Å². The zero-order valence-corrected chi connectivity index (χ0v) is 8.51. The van der Waals surface area contributed by atoms with Crippen molar-refractivity contribution in [3.8, 4) is 0 Å². The maximum atomic E-state index is 11.4. The highest BCUT2D eigenvalue weighted by atomic mass is 16.5. The van der Waals surface area contributed by atoms with E-state index in [1.165, 1.54) is 18.6 Å². The zero-order chi connectivity index (χ0) is 11.2. The van der Waals surface area contributed by atoms with Crippen LogP contribution in [0, 0.1) is 0 Å². The Hall–Kier alpha value is -2.18. The second-order valence-electron chi connectivity index (χ2n) is 3.17. The van der Waals surface area contributed by atoms with Crippen molar-refractivity contribution in [2.24, 2.45) is 0 Å². The molecule has 2 aromatic rings. The Balaban J connectivity index is 1.67. The summed E-state index contributed by atoms with van der Waals surface area (Å²) in [5, 5.41) is 12.6. The maximum Gasteiger partial charge on any atom is 0.289 e.